The topological polar surface area (TPSA) is 52.0 Å². The van der Waals surface area contributed by atoms with Crippen LogP contribution in [0.3, 0.4) is 0 Å². The van der Waals surface area contributed by atoms with Gasteiger partial charge in [-0.25, -0.2) is 0 Å². The summed E-state index contributed by atoms with van der Waals surface area (Å²) >= 11 is 0. The van der Waals surface area contributed by atoms with Crippen LogP contribution in [0.15, 0.2) is 24.3 Å². The molecule has 0 amide bonds. The molecule has 0 bridgehead atoms. The van der Waals surface area contributed by atoms with Crippen molar-refractivity contribution >= 4 is 17.5 Å². The van der Waals surface area contributed by atoms with Gasteiger partial charge in [0.25, 0.3) is 0 Å². The highest BCUT2D eigenvalue weighted by Gasteiger charge is 1.93. The highest BCUT2D eigenvalue weighted by Crippen LogP contribution is 2.16. The molecule has 1 rings (SSSR count). The first-order chi connectivity index (χ1) is 5.24. The van der Waals surface area contributed by atoms with E-state index in [9.17, 15) is 0 Å². The lowest BCUT2D eigenvalue weighted by Crippen LogP contribution is -1.92. The van der Waals surface area contributed by atoms with Gasteiger partial charge in [0, 0.05) is 11.4 Å². The fourth-order valence-corrected chi connectivity index (χ4v) is 0.925. The van der Waals surface area contributed by atoms with Crippen LogP contribution in [0.2, 0.25) is 0 Å². The number of benzene rings is 1. The Bertz CT molecular complexity index is 277. The first-order valence-corrected chi connectivity index (χ1v) is 3.51. The molecule has 0 aliphatic heterocycles. The molecule has 11 heavy (non-hydrogen) atoms. The largest absolute Gasteiger partial charge is 0.399 e. The van der Waals surface area contributed by atoms with Crippen molar-refractivity contribution in [3.05, 3.63) is 29.8 Å². The predicted molar refractivity (Wildman–Crippen MR) is 50.0 cm³/mol. The zero-order valence-electron chi connectivity index (χ0n) is 6.54. The molecule has 0 aliphatic carbocycles. The molecule has 2 heteroatoms. The van der Waals surface area contributed by atoms with Crippen LogP contribution in [0, 0.1) is 0 Å². The SMILES string of the molecule is CC=Cc1ccc(N)cc1N. The summed E-state index contributed by atoms with van der Waals surface area (Å²) in [5, 5.41) is 0. The third-order valence-electron chi connectivity index (χ3n) is 1.46. The van der Waals surface area contributed by atoms with E-state index >= 15 is 0 Å². The lowest BCUT2D eigenvalue weighted by molar-refractivity contribution is 1.62. The Morgan fingerprint density at radius 2 is 2.00 bits per heavy atom. The molecule has 1 aromatic rings. The molecule has 0 saturated heterocycles. The second-order valence-corrected chi connectivity index (χ2v) is 2.39. The molecule has 58 valence electrons. The summed E-state index contributed by atoms with van der Waals surface area (Å²) in [6.45, 7) is 1.95. The third-order valence-corrected chi connectivity index (χ3v) is 1.46. The van der Waals surface area contributed by atoms with Crippen molar-refractivity contribution in [2.75, 3.05) is 11.5 Å². The Kier molecular flexibility index (Phi) is 2.16. The molecule has 2 nitrogen and oxygen atoms in total. The lowest BCUT2D eigenvalue weighted by Gasteiger charge is -2.00. The first kappa shape index (κ1) is 7.66. The predicted octanol–water partition coefficient (Wildman–Crippen LogP) is 1.88. The van der Waals surface area contributed by atoms with Gasteiger partial charge in [-0.1, -0.05) is 18.2 Å². The minimum Gasteiger partial charge on any atom is -0.399 e. The molecule has 0 unspecified atom stereocenters. The first-order valence-electron chi connectivity index (χ1n) is 3.51. The van der Waals surface area contributed by atoms with E-state index in [0.717, 1.165) is 11.3 Å². The monoisotopic (exact) mass is 148 g/mol. The summed E-state index contributed by atoms with van der Waals surface area (Å²) in [5.41, 5.74) is 13.6. The van der Waals surface area contributed by atoms with E-state index in [2.05, 4.69) is 0 Å². The normalized spacial score (nSPS) is 10.6. The van der Waals surface area contributed by atoms with Crippen LogP contribution in [-0.2, 0) is 0 Å². The van der Waals surface area contributed by atoms with Crippen molar-refractivity contribution in [2.24, 2.45) is 0 Å². The van der Waals surface area contributed by atoms with Crippen LogP contribution < -0.4 is 11.5 Å². The number of hydrogen-bond donors (Lipinski definition) is 2. The van der Waals surface area contributed by atoms with Crippen LogP contribution in [-0.4, -0.2) is 0 Å². The number of nitrogens with two attached hydrogens (primary N) is 2. The van der Waals surface area contributed by atoms with Gasteiger partial charge in [0.05, 0.1) is 0 Å². The number of anilines is 2. The van der Waals surface area contributed by atoms with Crippen molar-refractivity contribution in [2.45, 2.75) is 6.92 Å². The molecule has 1 aromatic carbocycles. The van der Waals surface area contributed by atoms with E-state index in [4.69, 9.17) is 11.5 Å². The molecule has 0 saturated carbocycles. The minimum absolute atomic E-state index is 0.704. The fourth-order valence-electron chi connectivity index (χ4n) is 0.925. The Labute approximate surface area is 66.5 Å². The van der Waals surface area contributed by atoms with Gasteiger partial charge in [0.15, 0.2) is 0 Å². The number of allylic oxidation sites excluding steroid dienone is 1. The lowest BCUT2D eigenvalue weighted by atomic mass is 10.1. The second-order valence-electron chi connectivity index (χ2n) is 2.39. The quantitative estimate of drug-likeness (QED) is 0.597. The van der Waals surface area contributed by atoms with Crippen molar-refractivity contribution in [1.82, 2.24) is 0 Å². The second kappa shape index (κ2) is 3.10. The Morgan fingerprint density at radius 1 is 1.27 bits per heavy atom. The molecule has 0 spiro atoms. The van der Waals surface area contributed by atoms with Crippen LogP contribution in [0.1, 0.15) is 12.5 Å². The fraction of sp³-hybridized carbons (Fsp3) is 0.111. The summed E-state index contributed by atoms with van der Waals surface area (Å²) in [5.74, 6) is 0. The maximum atomic E-state index is 5.68. The summed E-state index contributed by atoms with van der Waals surface area (Å²) in [6, 6.07) is 5.51. The standard InChI is InChI=1S/C9H12N2/c1-2-3-7-4-5-8(10)6-9(7)11/h2-6H,10-11H2,1H3. The Hall–Kier alpha value is -1.44. The maximum absolute atomic E-state index is 5.68. The van der Waals surface area contributed by atoms with Gasteiger partial charge in [-0.05, 0) is 24.6 Å². The van der Waals surface area contributed by atoms with E-state index < -0.39 is 0 Å². The molecular weight excluding hydrogens is 136 g/mol. The van der Waals surface area contributed by atoms with Crippen molar-refractivity contribution in [3.63, 3.8) is 0 Å². The molecule has 0 aromatic heterocycles. The van der Waals surface area contributed by atoms with Crippen molar-refractivity contribution in [1.29, 1.82) is 0 Å². The zero-order valence-corrected chi connectivity index (χ0v) is 6.54. The number of rotatable bonds is 1. The van der Waals surface area contributed by atoms with E-state index in [1.54, 1.807) is 6.07 Å². The molecule has 0 heterocycles. The zero-order chi connectivity index (χ0) is 8.27. The van der Waals surface area contributed by atoms with Crippen LogP contribution in [0.5, 0.6) is 0 Å². The molecule has 0 aliphatic rings. The summed E-state index contributed by atoms with van der Waals surface area (Å²) in [7, 11) is 0. The van der Waals surface area contributed by atoms with Crippen LogP contribution >= 0.6 is 0 Å². The van der Waals surface area contributed by atoms with E-state index in [0.29, 0.717) is 5.69 Å². The van der Waals surface area contributed by atoms with Gasteiger partial charge in [0.2, 0.25) is 0 Å². The highest BCUT2D eigenvalue weighted by atomic mass is 14.6. The minimum atomic E-state index is 0.704. The van der Waals surface area contributed by atoms with Crippen LogP contribution in [0.4, 0.5) is 11.4 Å². The Balaban J connectivity index is 3.09. The smallest absolute Gasteiger partial charge is 0.0408 e. The van der Waals surface area contributed by atoms with Gasteiger partial charge in [-0.15, -0.1) is 0 Å². The van der Waals surface area contributed by atoms with E-state index in [-0.39, 0.29) is 0 Å². The number of hydrogen-bond acceptors (Lipinski definition) is 2. The van der Waals surface area contributed by atoms with Gasteiger partial charge >= 0.3 is 0 Å². The summed E-state index contributed by atoms with van der Waals surface area (Å²) in [4.78, 5) is 0. The van der Waals surface area contributed by atoms with Gasteiger partial charge in [0.1, 0.15) is 0 Å². The molecule has 0 atom stereocenters. The van der Waals surface area contributed by atoms with Crippen molar-refractivity contribution < 1.29 is 0 Å². The van der Waals surface area contributed by atoms with Crippen LogP contribution in [0.25, 0.3) is 6.08 Å². The summed E-state index contributed by atoms with van der Waals surface area (Å²) in [6.07, 6.45) is 3.90. The maximum Gasteiger partial charge on any atom is 0.0408 e. The summed E-state index contributed by atoms with van der Waals surface area (Å²) < 4.78 is 0. The average molecular weight is 148 g/mol. The number of nitrogen functional groups attached to an aromatic ring is 2. The van der Waals surface area contributed by atoms with Gasteiger partial charge < -0.3 is 11.5 Å². The van der Waals surface area contributed by atoms with Gasteiger partial charge in [-0.3, -0.25) is 0 Å². The molecule has 4 N–H and O–H groups in total. The van der Waals surface area contributed by atoms with E-state index in [1.165, 1.54) is 0 Å². The third kappa shape index (κ3) is 1.74. The molecular formula is C9H12N2. The average Bonchev–Trinajstić information content (AvgIpc) is 1.95. The van der Waals surface area contributed by atoms with Crippen molar-refractivity contribution in [3.8, 4) is 0 Å². The van der Waals surface area contributed by atoms with Gasteiger partial charge in [-0.2, -0.15) is 0 Å². The Morgan fingerprint density at radius 3 is 2.55 bits per heavy atom. The van der Waals surface area contributed by atoms with E-state index in [1.807, 2.05) is 31.2 Å². The molecule has 0 radical (unpaired) electrons. The molecule has 0 fully saturated rings. The highest BCUT2D eigenvalue weighted by molar-refractivity contribution is 5.68.